The highest BCUT2D eigenvalue weighted by molar-refractivity contribution is 8.15. The van der Waals surface area contributed by atoms with E-state index in [0.29, 0.717) is 5.82 Å². The quantitative estimate of drug-likeness (QED) is 0.830. The lowest BCUT2D eigenvalue weighted by Gasteiger charge is -2.07. The van der Waals surface area contributed by atoms with Crippen molar-refractivity contribution in [1.82, 2.24) is 14.4 Å². The largest absolute Gasteiger partial charge is 0.309 e. The van der Waals surface area contributed by atoms with E-state index in [4.69, 9.17) is 0 Å². The van der Waals surface area contributed by atoms with Gasteiger partial charge in [0.15, 0.2) is 11.5 Å². The molecular weight excluding hydrogens is 248 g/mol. The van der Waals surface area contributed by atoms with Crippen molar-refractivity contribution in [3.05, 3.63) is 18.6 Å². The minimum Gasteiger partial charge on any atom is -0.309 e. The summed E-state index contributed by atoms with van der Waals surface area (Å²) in [5, 5.41) is 3.93. The van der Waals surface area contributed by atoms with E-state index < -0.39 is 0 Å². The van der Waals surface area contributed by atoms with Crippen molar-refractivity contribution in [1.29, 1.82) is 0 Å². The fourth-order valence-corrected chi connectivity index (χ4v) is 2.40. The summed E-state index contributed by atoms with van der Waals surface area (Å²) in [5.41, 5.74) is 0.765. The summed E-state index contributed by atoms with van der Waals surface area (Å²) in [6.45, 7) is 0. The monoisotopic (exact) mass is 264 g/mol. The number of nitrogens with one attached hydrogen (secondary N) is 1. The van der Waals surface area contributed by atoms with Crippen molar-refractivity contribution in [2.24, 2.45) is 5.92 Å². The summed E-state index contributed by atoms with van der Waals surface area (Å²) < 4.78 is 1.92. The summed E-state index contributed by atoms with van der Waals surface area (Å²) >= 11 is 0. The van der Waals surface area contributed by atoms with Gasteiger partial charge in [-0.05, 0) is 25.4 Å². The zero-order valence-electron chi connectivity index (χ0n) is 10.4. The number of amides is 1. The Bertz CT molecular complexity index is 603. The van der Waals surface area contributed by atoms with Gasteiger partial charge in [0.2, 0.25) is 5.91 Å². The van der Waals surface area contributed by atoms with Gasteiger partial charge in [-0.1, -0.05) is 0 Å². The molecule has 1 saturated carbocycles. The Kier molecular flexibility index (Phi) is 2.74. The maximum atomic E-state index is 11.7. The van der Waals surface area contributed by atoms with Crippen molar-refractivity contribution in [2.75, 3.05) is 17.8 Å². The Labute approximate surface area is 108 Å². The lowest BCUT2D eigenvalue weighted by molar-refractivity contribution is -0.117. The summed E-state index contributed by atoms with van der Waals surface area (Å²) in [4.78, 5) is 20.4. The van der Waals surface area contributed by atoms with Crippen LogP contribution in [0.4, 0.5) is 5.82 Å². The zero-order valence-corrected chi connectivity index (χ0v) is 11.3. The first kappa shape index (κ1) is 11.5. The van der Waals surface area contributed by atoms with Crippen molar-refractivity contribution < 1.29 is 4.79 Å². The highest BCUT2D eigenvalue weighted by atomic mass is 32.2. The Morgan fingerprint density at radius 2 is 2.22 bits per heavy atom. The molecule has 6 heteroatoms. The average molecular weight is 264 g/mol. The van der Waals surface area contributed by atoms with E-state index in [1.54, 1.807) is 6.20 Å². The van der Waals surface area contributed by atoms with Crippen LogP contribution in [0.3, 0.4) is 0 Å². The first-order valence-electron chi connectivity index (χ1n) is 5.96. The molecule has 0 aliphatic heterocycles. The van der Waals surface area contributed by atoms with Crippen molar-refractivity contribution in [2.45, 2.75) is 17.9 Å². The van der Waals surface area contributed by atoms with Crippen LogP contribution in [0.5, 0.6) is 0 Å². The molecule has 1 aliphatic rings. The second kappa shape index (κ2) is 4.28. The fourth-order valence-electron chi connectivity index (χ4n) is 1.75. The number of carbonyl (C=O) groups is 1. The molecule has 2 aromatic heterocycles. The van der Waals surface area contributed by atoms with Crippen LogP contribution in [-0.4, -0.2) is 32.8 Å². The van der Waals surface area contributed by atoms with Gasteiger partial charge in [0.05, 0.1) is 17.4 Å². The first-order chi connectivity index (χ1) is 8.63. The van der Waals surface area contributed by atoms with Gasteiger partial charge in [-0.15, -0.1) is 0 Å². The number of hydrogen-bond donors (Lipinski definition) is 2. The minimum atomic E-state index is -0.224. The lowest BCUT2D eigenvalue weighted by Crippen LogP contribution is -2.13. The molecule has 3 rings (SSSR count). The predicted molar refractivity (Wildman–Crippen MR) is 73.4 cm³/mol. The third-order valence-electron chi connectivity index (χ3n) is 2.99. The molecular formula is C12H16N4OS. The molecule has 0 spiro atoms. The fraction of sp³-hybridized carbons (Fsp3) is 0.417. The second-order valence-electron chi connectivity index (χ2n) is 4.80. The van der Waals surface area contributed by atoms with E-state index in [0.717, 1.165) is 23.5 Å². The highest BCUT2D eigenvalue weighted by Crippen LogP contribution is 2.30. The maximum absolute atomic E-state index is 11.7. The SMILES string of the molecule is C[SH](C)c1cn2cc(NC(=O)C3CC3)nc2cn1. The van der Waals surface area contributed by atoms with Crippen molar-refractivity contribution in [3.8, 4) is 0 Å². The molecule has 5 nitrogen and oxygen atoms in total. The molecule has 0 radical (unpaired) electrons. The van der Waals surface area contributed by atoms with E-state index >= 15 is 0 Å². The first-order valence-corrected chi connectivity index (χ1v) is 8.20. The Morgan fingerprint density at radius 3 is 2.89 bits per heavy atom. The molecule has 2 heterocycles. The summed E-state index contributed by atoms with van der Waals surface area (Å²) in [5.74, 6) is 0.893. The third kappa shape index (κ3) is 2.20. The van der Waals surface area contributed by atoms with Gasteiger partial charge in [0.1, 0.15) is 0 Å². The lowest BCUT2D eigenvalue weighted by atomic mass is 10.4. The van der Waals surface area contributed by atoms with Gasteiger partial charge >= 0.3 is 0 Å². The minimum absolute atomic E-state index is 0.0832. The van der Waals surface area contributed by atoms with E-state index in [1.165, 1.54) is 0 Å². The summed E-state index contributed by atoms with van der Waals surface area (Å²) in [6, 6.07) is 0. The third-order valence-corrected chi connectivity index (χ3v) is 4.13. The van der Waals surface area contributed by atoms with Gasteiger partial charge in [-0.25, -0.2) is 20.9 Å². The maximum Gasteiger partial charge on any atom is 0.228 e. The van der Waals surface area contributed by atoms with E-state index in [2.05, 4.69) is 27.8 Å². The Hall–Kier alpha value is -1.56. The van der Waals surface area contributed by atoms with Gasteiger partial charge in [-0.3, -0.25) is 4.79 Å². The molecule has 18 heavy (non-hydrogen) atoms. The van der Waals surface area contributed by atoms with Crippen molar-refractivity contribution in [3.63, 3.8) is 0 Å². The van der Waals surface area contributed by atoms with Gasteiger partial charge in [-0.2, -0.15) is 0 Å². The van der Waals surface area contributed by atoms with Gasteiger partial charge in [0.25, 0.3) is 0 Å². The van der Waals surface area contributed by atoms with Crippen LogP contribution in [0.25, 0.3) is 5.65 Å². The average Bonchev–Trinajstić information content (AvgIpc) is 3.09. The second-order valence-corrected chi connectivity index (χ2v) is 7.04. The molecule has 0 unspecified atom stereocenters. The molecule has 0 atom stereocenters. The topological polar surface area (TPSA) is 59.3 Å². The number of rotatable bonds is 3. The molecule has 1 fully saturated rings. The number of anilines is 1. The van der Waals surface area contributed by atoms with Crippen LogP contribution in [0.15, 0.2) is 23.6 Å². The number of imidazole rings is 1. The molecule has 2 aromatic rings. The summed E-state index contributed by atoms with van der Waals surface area (Å²) in [6.07, 6.45) is 11.9. The van der Waals surface area contributed by atoms with Gasteiger partial charge in [0, 0.05) is 12.1 Å². The smallest absolute Gasteiger partial charge is 0.228 e. The Morgan fingerprint density at radius 1 is 1.44 bits per heavy atom. The van der Waals surface area contributed by atoms with Crippen molar-refractivity contribution >= 4 is 28.3 Å². The molecule has 1 N–H and O–H groups in total. The van der Waals surface area contributed by atoms with E-state index in [1.807, 2.05) is 16.8 Å². The zero-order chi connectivity index (χ0) is 12.7. The number of aromatic nitrogens is 3. The van der Waals surface area contributed by atoms with Crippen LogP contribution in [-0.2, 0) is 4.79 Å². The normalized spacial score (nSPS) is 15.8. The highest BCUT2D eigenvalue weighted by Gasteiger charge is 2.29. The molecule has 1 aliphatic carbocycles. The number of nitrogens with zero attached hydrogens (tertiary/aromatic N) is 3. The number of carbonyl (C=O) groups excluding carboxylic acids is 1. The molecule has 0 bridgehead atoms. The predicted octanol–water partition coefficient (Wildman–Crippen LogP) is 1.70. The van der Waals surface area contributed by atoms with E-state index in [9.17, 15) is 4.79 Å². The molecule has 0 saturated heterocycles. The molecule has 96 valence electrons. The standard InChI is InChI=1S/C12H16N4OS/c1-18(2)11-7-16-6-9(14-10(16)5-13-11)15-12(17)8-3-4-8/h5-8,18H,3-4H2,1-2H3,(H,15,17). The van der Waals surface area contributed by atoms with Crippen LogP contribution in [0, 0.1) is 5.92 Å². The van der Waals surface area contributed by atoms with Gasteiger partial charge < -0.3 is 9.72 Å². The van der Waals surface area contributed by atoms with Crippen LogP contribution >= 0.6 is 10.9 Å². The Balaban J connectivity index is 1.87. The molecule has 1 amide bonds. The van der Waals surface area contributed by atoms with Crippen LogP contribution < -0.4 is 5.32 Å². The van der Waals surface area contributed by atoms with E-state index in [-0.39, 0.29) is 22.7 Å². The number of thiol groups is 1. The number of fused-ring (bicyclic) bond motifs is 1. The molecule has 0 aromatic carbocycles. The van der Waals surface area contributed by atoms with Crippen LogP contribution in [0.2, 0.25) is 0 Å². The van der Waals surface area contributed by atoms with Crippen LogP contribution in [0.1, 0.15) is 12.8 Å². The summed E-state index contributed by atoms with van der Waals surface area (Å²) in [7, 11) is -0.224. The number of hydrogen-bond acceptors (Lipinski definition) is 3.